The Labute approximate surface area is 124 Å². The van der Waals surface area contributed by atoms with Crippen molar-refractivity contribution >= 4 is 17.7 Å². The molecule has 0 aromatic heterocycles. The van der Waals surface area contributed by atoms with Crippen molar-refractivity contribution in [2.24, 2.45) is 5.92 Å². The van der Waals surface area contributed by atoms with Gasteiger partial charge >= 0.3 is 0 Å². The molecule has 0 saturated heterocycles. The van der Waals surface area contributed by atoms with E-state index >= 15 is 0 Å². The molecule has 0 aliphatic rings. The standard InChI is InChI=1S/C15H22FNO2S/c1-11(2)7-14(18)8-17-15(19)10-20-9-12-3-5-13(16)6-4-12/h3-6,11,14,18H,7-10H2,1-2H3,(H,17,19). The lowest BCUT2D eigenvalue weighted by Crippen LogP contribution is -2.33. The topological polar surface area (TPSA) is 49.3 Å². The second kappa shape index (κ2) is 8.97. The molecule has 1 amide bonds. The second-order valence-corrected chi connectivity index (χ2v) is 6.19. The summed E-state index contributed by atoms with van der Waals surface area (Å²) < 4.78 is 12.7. The quantitative estimate of drug-likeness (QED) is 0.775. The molecule has 1 aromatic carbocycles. The molecule has 0 heterocycles. The molecule has 0 radical (unpaired) electrons. The van der Waals surface area contributed by atoms with Crippen molar-refractivity contribution in [2.45, 2.75) is 32.1 Å². The molecular weight excluding hydrogens is 277 g/mol. The number of carbonyl (C=O) groups is 1. The van der Waals surface area contributed by atoms with Crippen LogP contribution in [0, 0.1) is 11.7 Å². The first-order chi connectivity index (χ1) is 9.47. The number of thioether (sulfide) groups is 1. The zero-order valence-corrected chi connectivity index (χ0v) is 12.8. The van der Waals surface area contributed by atoms with Gasteiger partial charge in [0.05, 0.1) is 11.9 Å². The van der Waals surface area contributed by atoms with Gasteiger partial charge in [0.25, 0.3) is 0 Å². The van der Waals surface area contributed by atoms with Gasteiger partial charge in [-0.25, -0.2) is 4.39 Å². The fourth-order valence-electron chi connectivity index (χ4n) is 1.75. The molecule has 3 nitrogen and oxygen atoms in total. The molecule has 1 aromatic rings. The minimum Gasteiger partial charge on any atom is -0.391 e. The molecule has 5 heteroatoms. The van der Waals surface area contributed by atoms with Crippen LogP contribution in [0.3, 0.4) is 0 Å². The number of rotatable bonds is 8. The fraction of sp³-hybridized carbons (Fsp3) is 0.533. The van der Waals surface area contributed by atoms with Crippen molar-refractivity contribution in [1.82, 2.24) is 5.32 Å². The number of hydrogen-bond acceptors (Lipinski definition) is 3. The molecule has 1 atom stereocenters. The summed E-state index contributed by atoms with van der Waals surface area (Å²) in [6.45, 7) is 4.36. The molecule has 2 N–H and O–H groups in total. The number of aliphatic hydroxyl groups is 1. The molecule has 0 bridgehead atoms. The van der Waals surface area contributed by atoms with Gasteiger partial charge in [-0.3, -0.25) is 4.79 Å². The summed E-state index contributed by atoms with van der Waals surface area (Å²) in [5, 5.41) is 12.4. The lowest BCUT2D eigenvalue weighted by molar-refractivity contribution is -0.119. The van der Waals surface area contributed by atoms with E-state index < -0.39 is 6.10 Å². The Morgan fingerprint density at radius 3 is 2.60 bits per heavy atom. The Hall–Kier alpha value is -1.07. The van der Waals surface area contributed by atoms with Gasteiger partial charge < -0.3 is 10.4 Å². The summed E-state index contributed by atoms with van der Waals surface area (Å²) in [5.41, 5.74) is 0.990. The predicted molar refractivity (Wildman–Crippen MR) is 81.0 cm³/mol. The SMILES string of the molecule is CC(C)CC(O)CNC(=O)CSCc1ccc(F)cc1. The molecule has 0 fully saturated rings. The Morgan fingerprint density at radius 1 is 1.35 bits per heavy atom. The van der Waals surface area contributed by atoms with Crippen molar-refractivity contribution in [3.8, 4) is 0 Å². The van der Waals surface area contributed by atoms with E-state index in [2.05, 4.69) is 5.32 Å². The van der Waals surface area contributed by atoms with Crippen LogP contribution in [0.15, 0.2) is 24.3 Å². The van der Waals surface area contributed by atoms with E-state index in [-0.39, 0.29) is 11.7 Å². The van der Waals surface area contributed by atoms with Crippen LogP contribution in [0.1, 0.15) is 25.8 Å². The van der Waals surface area contributed by atoms with Gasteiger partial charge in [-0.2, -0.15) is 0 Å². The third-order valence-electron chi connectivity index (χ3n) is 2.69. The summed E-state index contributed by atoms with van der Waals surface area (Å²) in [4.78, 5) is 11.6. The number of nitrogens with one attached hydrogen (secondary N) is 1. The maximum Gasteiger partial charge on any atom is 0.230 e. The number of carbonyl (C=O) groups excluding carboxylic acids is 1. The average Bonchev–Trinajstić information content (AvgIpc) is 2.38. The van der Waals surface area contributed by atoms with Crippen molar-refractivity contribution in [2.75, 3.05) is 12.3 Å². The highest BCUT2D eigenvalue weighted by molar-refractivity contribution is 7.99. The Morgan fingerprint density at radius 2 is 2.00 bits per heavy atom. The Bertz CT molecular complexity index is 409. The molecule has 0 saturated carbocycles. The second-order valence-electron chi connectivity index (χ2n) is 5.21. The highest BCUT2D eigenvalue weighted by Gasteiger charge is 2.09. The van der Waals surface area contributed by atoms with Crippen LogP contribution >= 0.6 is 11.8 Å². The normalized spacial score (nSPS) is 12.4. The van der Waals surface area contributed by atoms with Crippen LogP contribution in [-0.4, -0.2) is 29.4 Å². The van der Waals surface area contributed by atoms with Crippen molar-refractivity contribution in [3.05, 3.63) is 35.6 Å². The maximum absolute atomic E-state index is 12.7. The minimum atomic E-state index is -0.485. The first-order valence-electron chi connectivity index (χ1n) is 6.74. The van der Waals surface area contributed by atoms with Crippen LogP contribution in [0.25, 0.3) is 0 Å². The largest absolute Gasteiger partial charge is 0.391 e. The molecule has 112 valence electrons. The van der Waals surface area contributed by atoms with Crippen LogP contribution in [0.5, 0.6) is 0 Å². The Balaban J connectivity index is 2.15. The van der Waals surface area contributed by atoms with E-state index in [4.69, 9.17) is 0 Å². The van der Waals surface area contributed by atoms with Crippen LogP contribution in [-0.2, 0) is 10.5 Å². The summed E-state index contributed by atoms with van der Waals surface area (Å²) >= 11 is 1.47. The third kappa shape index (κ3) is 7.50. The minimum absolute atomic E-state index is 0.0834. The van der Waals surface area contributed by atoms with Gasteiger partial charge in [-0.05, 0) is 30.0 Å². The van der Waals surface area contributed by atoms with E-state index in [1.165, 1.54) is 23.9 Å². The monoisotopic (exact) mass is 299 g/mol. The molecule has 1 unspecified atom stereocenters. The molecule has 0 aliphatic carbocycles. The van der Waals surface area contributed by atoms with Gasteiger partial charge in [-0.1, -0.05) is 26.0 Å². The third-order valence-corrected chi connectivity index (χ3v) is 3.70. The highest BCUT2D eigenvalue weighted by Crippen LogP contribution is 2.12. The molecule has 20 heavy (non-hydrogen) atoms. The summed E-state index contributed by atoms with van der Waals surface area (Å²) in [7, 11) is 0. The average molecular weight is 299 g/mol. The molecular formula is C15H22FNO2S. The van der Waals surface area contributed by atoms with E-state index in [0.717, 1.165) is 5.56 Å². The van der Waals surface area contributed by atoms with Gasteiger partial charge in [0, 0.05) is 12.3 Å². The lowest BCUT2D eigenvalue weighted by Gasteiger charge is -2.13. The van der Waals surface area contributed by atoms with Gasteiger partial charge in [-0.15, -0.1) is 11.8 Å². The van der Waals surface area contributed by atoms with Crippen LogP contribution in [0.4, 0.5) is 4.39 Å². The zero-order valence-electron chi connectivity index (χ0n) is 11.9. The van der Waals surface area contributed by atoms with Gasteiger partial charge in [0.1, 0.15) is 5.82 Å². The zero-order chi connectivity index (χ0) is 15.0. The molecule has 0 spiro atoms. The number of amides is 1. The van der Waals surface area contributed by atoms with Gasteiger partial charge in [0.15, 0.2) is 0 Å². The van der Waals surface area contributed by atoms with Crippen LogP contribution in [0.2, 0.25) is 0 Å². The van der Waals surface area contributed by atoms with Crippen molar-refractivity contribution in [1.29, 1.82) is 0 Å². The lowest BCUT2D eigenvalue weighted by atomic mass is 10.1. The van der Waals surface area contributed by atoms with Crippen molar-refractivity contribution in [3.63, 3.8) is 0 Å². The smallest absolute Gasteiger partial charge is 0.230 e. The highest BCUT2D eigenvalue weighted by atomic mass is 32.2. The van der Waals surface area contributed by atoms with Crippen molar-refractivity contribution < 1.29 is 14.3 Å². The van der Waals surface area contributed by atoms with E-state index in [0.29, 0.717) is 30.4 Å². The Kier molecular flexibility index (Phi) is 7.62. The maximum atomic E-state index is 12.7. The first-order valence-corrected chi connectivity index (χ1v) is 7.89. The number of halogens is 1. The number of aliphatic hydroxyl groups excluding tert-OH is 1. The number of benzene rings is 1. The summed E-state index contributed by atoms with van der Waals surface area (Å²) in [5.74, 6) is 1.08. The predicted octanol–water partition coefficient (Wildman–Crippen LogP) is 2.58. The van der Waals surface area contributed by atoms with E-state index in [9.17, 15) is 14.3 Å². The van der Waals surface area contributed by atoms with Crippen LogP contribution < -0.4 is 5.32 Å². The summed E-state index contributed by atoms with van der Waals surface area (Å²) in [6.07, 6.45) is 0.198. The van der Waals surface area contributed by atoms with Gasteiger partial charge in [0.2, 0.25) is 5.91 Å². The fourth-order valence-corrected chi connectivity index (χ4v) is 2.57. The summed E-state index contributed by atoms with van der Waals surface area (Å²) in [6, 6.07) is 6.26. The van der Waals surface area contributed by atoms with E-state index in [1.54, 1.807) is 12.1 Å². The molecule has 0 aliphatic heterocycles. The number of hydrogen-bond donors (Lipinski definition) is 2. The van der Waals surface area contributed by atoms with E-state index in [1.807, 2.05) is 13.8 Å². The first kappa shape index (κ1) is 17.0. The molecule has 1 rings (SSSR count).